The number of benzene rings is 7. The van der Waals surface area contributed by atoms with Gasteiger partial charge in [0.2, 0.25) is 11.7 Å². The number of rotatable bonds is 2. The Bertz CT molecular complexity index is 3330. The van der Waals surface area contributed by atoms with Crippen molar-refractivity contribution in [2.24, 2.45) is 0 Å². The molecule has 0 bridgehead atoms. The normalized spacial score (nSPS) is 12.5. The fourth-order valence-corrected chi connectivity index (χ4v) is 8.43. The van der Waals surface area contributed by atoms with Crippen LogP contribution in [0.4, 0.5) is 0 Å². The fourth-order valence-electron chi connectivity index (χ4n) is 8.43. The molecule has 0 aliphatic rings. The number of fused-ring (bicyclic) bond motifs is 14. The minimum absolute atomic E-state index is 0.578. The van der Waals surface area contributed by atoms with Crippen LogP contribution in [0.2, 0.25) is 0 Å². The number of furan rings is 1. The van der Waals surface area contributed by atoms with Crippen molar-refractivity contribution in [2.45, 2.75) is 0 Å². The van der Waals surface area contributed by atoms with Crippen molar-refractivity contribution in [1.29, 1.82) is 0 Å². The highest BCUT2D eigenvalue weighted by atomic mass is 16.3. The van der Waals surface area contributed by atoms with Crippen LogP contribution >= 0.6 is 0 Å². The average molecular weight is 625 g/mol. The predicted molar refractivity (Wildman–Crippen MR) is 201 cm³/mol. The van der Waals surface area contributed by atoms with E-state index in [2.05, 4.69) is 130 Å². The lowest BCUT2D eigenvalue weighted by Gasteiger charge is -2.10. The summed E-state index contributed by atoms with van der Waals surface area (Å²) in [6, 6.07) is 51.7. The Balaban J connectivity index is 1.26. The van der Waals surface area contributed by atoms with E-state index in [-0.39, 0.29) is 0 Å². The quantitative estimate of drug-likeness (QED) is 0.192. The van der Waals surface area contributed by atoms with Gasteiger partial charge in [-0.2, -0.15) is 4.98 Å². The lowest BCUT2D eigenvalue weighted by Crippen LogP contribution is -2.02. The molecule has 5 heteroatoms. The Morgan fingerprint density at radius 3 is 1.96 bits per heavy atom. The molecule has 0 spiro atoms. The van der Waals surface area contributed by atoms with E-state index in [0.717, 1.165) is 49.4 Å². The Morgan fingerprint density at radius 1 is 0.449 bits per heavy atom. The molecule has 226 valence electrons. The van der Waals surface area contributed by atoms with Crippen molar-refractivity contribution < 1.29 is 4.42 Å². The van der Waals surface area contributed by atoms with Crippen molar-refractivity contribution >= 4 is 92.7 Å². The minimum Gasteiger partial charge on any atom is -0.437 e. The monoisotopic (exact) mass is 624 g/mol. The molecule has 5 heterocycles. The Kier molecular flexibility index (Phi) is 4.66. The van der Waals surface area contributed by atoms with Crippen molar-refractivity contribution in [3.05, 3.63) is 146 Å². The zero-order chi connectivity index (χ0) is 31.8. The SMILES string of the molecule is c1ccc(-c2nc(-n3c4ccccc4c4cc5ccc6c7cccc8c9ccccc9n(c6c5cc43)c87)nc3oc4ccccc4c23)cc1. The van der Waals surface area contributed by atoms with Gasteiger partial charge in [0.25, 0.3) is 0 Å². The van der Waals surface area contributed by atoms with E-state index in [1.54, 1.807) is 0 Å². The Morgan fingerprint density at radius 2 is 1.10 bits per heavy atom. The van der Waals surface area contributed by atoms with E-state index in [9.17, 15) is 0 Å². The molecule has 49 heavy (non-hydrogen) atoms. The summed E-state index contributed by atoms with van der Waals surface area (Å²) in [5.41, 5.74) is 9.09. The van der Waals surface area contributed by atoms with Crippen molar-refractivity contribution in [3.8, 4) is 17.2 Å². The predicted octanol–water partition coefficient (Wildman–Crippen LogP) is 11.4. The molecule has 7 aromatic carbocycles. The van der Waals surface area contributed by atoms with Gasteiger partial charge in [-0.1, -0.05) is 115 Å². The second kappa shape index (κ2) is 9.00. The first kappa shape index (κ1) is 25.4. The second-order valence-electron chi connectivity index (χ2n) is 13.0. The molecule has 0 amide bonds. The van der Waals surface area contributed by atoms with Crippen LogP contribution in [0.3, 0.4) is 0 Å². The first-order valence-electron chi connectivity index (χ1n) is 16.6. The van der Waals surface area contributed by atoms with Gasteiger partial charge in [-0.15, -0.1) is 0 Å². The molecule has 0 radical (unpaired) electrons. The molecule has 0 aliphatic heterocycles. The number of para-hydroxylation sites is 4. The van der Waals surface area contributed by atoms with E-state index < -0.39 is 0 Å². The maximum atomic E-state index is 6.44. The van der Waals surface area contributed by atoms with Crippen LogP contribution in [0.1, 0.15) is 0 Å². The maximum Gasteiger partial charge on any atom is 0.238 e. The summed E-state index contributed by atoms with van der Waals surface area (Å²) in [7, 11) is 0. The van der Waals surface area contributed by atoms with E-state index >= 15 is 0 Å². The highest BCUT2D eigenvalue weighted by Gasteiger charge is 2.23. The lowest BCUT2D eigenvalue weighted by atomic mass is 10.0. The smallest absolute Gasteiger partial charge is 0.238 e. The van der Waals surface area contributed by atoms with Gasteiger partial charge in [0.05, 0.1) is 38.7 Å². The summed E-state index contributed by atoms with van der Waals surface area (Å²) in [5.74, 6) is 0.584. The molecule has 0 fully saturated rings. The molecular formula is C44H24N4O. The number of hydrogen-bond acceptors (Lipinski definition) is 3. The summed E-state index contributed by atoms with van der Waals surface area (Å²) in [6.07, 6.45) is 0. The molecule has 0 atom stereocenters. The fraction of sp³-hybridized carbons (Fsp3) is 0. The number of aromatic nitrogens is 4. The molecule has 12 aromatic rings. The first-order chi connectivity index (χ1) is 24.3. The lowest BCUT2D eigenvalue weighted by molar-refractivity contribution is 0.651. The van der Waals surface area contributed by atoms with E-state index in [4.69, 9.17) is 14.4 Å². The van der Waals surface area contributed by atoms with E-state index in [1.165, 1.54) is 48.9 Å². The van der Waals surface area contributed by atoms with Gasteiger partial charge in [0.1, 0.15) is 5.58 Å². The van der Waals surface area contributed by atoms with Crippen molar-refractivity contribution in [3.63, 3.8) is 0 Å². The zero-order valence-electron chi connectivity index (χ0n) is 26.1. The topological polar surface area (TPSA) is 48.3 Å². The van der Waals surface area contributed by atoms with Crippen LogP contribution < -0.4 is 0 Å². The minimum atomic E-state index is 0.578. The first-order valence-corrected chi connectivity index (χ1v) is 16.6. The zero-order valence-corrected chi connectivity index (χ0v) is 26.1. The standard InChI is InChI=1S/C44H24N4O/c1-2-11-25(12-3-1)40-39-32-15-6-9-20-38(32)49-43(39)46-44(45-40)47-35-18-7-5-14-28(35)34-23-26-21-22-31-30-17-10-16-29-27-13-4-8-19-36(27)48(41(29)30)42(31)33(26)24-37(34)47/h1-24H. The largest absolute Gasteiger partial charge is 0.437 e. The average Bonchev–Trinajstić information content (AvgIpc) is 3.89. The van der Waals surface area contributed by atoms with Crippen LogP contribution in [-0.4, -0.2) is 18.9 Å². The third-order valence-corrected chi connectivity index (χ3v) is 10.5. The van der Waals surface area contributed by atoms with Gasteiger partial charge in [0.15, 0.2) is 0 Å². The van der Waals surface area contributed by atoms with Crippen LogP contribution in [-0.2, 0) is 0 Å². The molecule has 0 saturated carbocycles. The van der Waals surface area contributed by atoms with Gasteiger partial charge in [-0.3, -0.25) is 4.57 Å². The Labute approximate surface area is 278 Å². The van der Waals surface area contributed by atoms with Crippen molar-refractivity contribution in [1.82, 2.24) is 18.9 Å². The molecular weight excluding hydrogens is 601 g/mol. The highest BCUT2D eigenvalue weighted by Crippen LogP contribution is 2.44. The molecule has 5 nitrogen and oxygen atoms in total. The second-order valence-corrected chi connectivity index (χ2v) is 13.0. The summed E-state index contributed by atoms with van der Waals surface area (Å²) >= 11 is 0. The third-order valence-electron chi connectivity index (χ3n) is 10.5. The van der Waals surface area contributed by atoms with Crippen LogP contribution in [0.15, 0.2) is 150 Å². The molecule has 0 N–H and O–H groups in total. The van der Waals surface area contributed by atoms with Crippen molar-refractivity contribution in [2.75, 3.05) is 0 Å². The Hall–Kier alpha value is -6.72. The molecule has 5 aromatic heterocycles. The van der Waals surface area contributed by atoms with Gasteiger partial charge in [0, 0.05) is 48.7 Å². The van der Waals surface area contributed by atoms with E-state index in [1.807, 2.05) is 24.3 Å². The van der Waals surface area contributed by atoms with Crippen LogP contribution in [0.25, 0.3) is 110 Å². The molecule has 0 saturated heterocycles. The van der Waals surface area contributed by atoms with Crippen LogP contribution in [0, 0.1) is 0 Å². The van der Waals surface area contributed by atoms with Gasteiger partial charge in [-0.25, -0.2) is 4.98 Å². The van der Waals surface area contributed by atoms with Gasteiger partial charge < -0.3 is 8.82 Å². The van der Waals surface area contributed by atoms with Crippen LogP contribution in [0.5, 0.6) is 0 Å². The van der Waals surface area contributed by atoms with E-state index in [0.29, 0.717) is 11.7 Å². The molecule has 0 unspecified atom stereocenters. The summed E-state index contributed by atoms with van der Waals surface area (Å²) in [5, 5.41) is 11.7. The van der Waals surface area contributed by atoms with Gasteiger partial charge >= 0.3 is 0 Å². The number of hydrogen-bond donors (Lipinski definition) is 0. The number of nitrogens with zero attached hydrogens (tertiary/aromatic N) is 4. The molecule has 0 aliphatic carbocycles. The molecule has 12 rings (SSSR count). The third kappa shape index (κ3) is 3.19. The van der Waals surface area contributed by atoms with Gasteiger partial charge in [-0.05, 0) is 35.7 Å². The summed E-state index contributed by atoms with van der Waals surface area (Å²) < 4.78 is 11.1. The summed E-state index contributed by atoms with van der Waals surface area (Å²) in [4.78, 5) is 10.5. The summed E-state index contributed by atoms with van der Waals surface area (Å²) in [6.45, 7) is 0. The highest BCUT2D eigenvalue weighted by molar-refractivity contribution is 6.28. The maximum absolute atomic E-state index is 6.44.